The lowest BCUT2D eigenvalue weighted by Crippen LogP contribution is -2.42. The van der Waals surface area contributed by atoms with Crippen molar-refractivity contribution in [1.29, 1.82) is 0 Å². The molecule has 1 amide bonds. The van der Waals surface area contributed by atoms with Gasteiger partial charge in [-0.3, -0.25) is 9.69 Å². The van der Waals surface area contributed by atoms with Crippen molar-refractivity contribution >= 4 is 29.3 Å². The van der Waals surface area contributed by atoms with E-state index in [0.29, 0.717) is 11.2 Å². The maximum Gasteiger partial charge on any atom is 0.277 e. The minimum absolute atomic E-state index is 0.0985. The van der Waals surface area contributed by atoms with E-state index in [-0.39, 0.29) is 5.91 Å². The Balaban J connectivity index is 1.69. The van der Waals surface area contributed by atoms with Gasteiger partial charge in [-0.05, 0) is 42.3 Å². The molecule has 1 aromatic rings. The third-order valence-electron chi connectivity index (χ3n) is 4.78. The highest BCUT2D eigenvalue weighted by atomic mass is 32.1. The second-order valence-corrected chi connectivity index (χ2v) is 6.43. The molecule has 1 saturated heterocycles. The molecule has 1 saturated carbocycles. The van der Waals surface area contributed by atoms with Gasteiger partial charge in [0.05, 0.1) is 6.54 Å². The van der Waals surface area contributed by atoms with Gasteiger partial charge in [0.1, 0.15) is 5.70 Å². The van der Waals surface area contributed by atoms with Gasteiger partial charge in [0, 0.05) is 6.04 Å². The van der Waals surface area contributed by atoms with Crippen molar-refractivity contribution in [2.75, 3.05) is 0 Å². The predicted octanol–water partition coefficient (Wildman–Crippen LogP) is 3.30. The molecule has 4 rings (SSSR count). The van der Waals surface area contributed by atoms with Gasteiger partial charge in [0.2, 0.25) is 0 Å². The minimum atomic E-state index is 0.0985. The second-order valence-electron chi connectivity index (χ2n) is 6.06. The molecule has 108 valence electrons. The smallest absolute Gasteiger partial charge is 0.277 e. The number of nitrogens with zero attached hydrogens (tertiary/aromatic N) is 2. The molecule has 0 N–H and O–H groups in total. The van der Waals surface area contributed by atoms with Crippen LogP contribution in [0.1, 0.15) is 43.2 Å². The first-order valence-electron chi connectivity index (χ1n) is 7.70. The zero-order valence-electron chi connectivity index (χ0n) is 11.9. The van der Waals surface area contributed by atoms with Crippen molar-refractivity contribution in [3.63, 3.8) is 0 Å². The zero-order valence-corrected chi connectivity index (χ0v) is 12.7. The molecular weight excluding hydrogens is 280 g/mol. The van der Waals surface area contributed by atoms with E-state index in [1.54, 1.807) is 0 Å². The number of carbonyl (C=O) groups excluding carboxylic acids is 1. The molecule has 3 nitrogen and oxygen atoms in total. The number of amides is 1. The van der Waals surface area contributed by atoms with Crippen molar-refractivity contribution in [3.8, 4) is 0 Å². The van der Waals surface area contributed by atoms with Crippen molar-refractivity contribution in [3.05, 3.63) is 41.1 Å². The lowest BCUT2D eigenvalue weighted by molar-refractivity contribution is -0.124. The lowest BCUT2D eigenvalue weighted by atomic mass is 9.94. The summed E-state index contributed by atoms with van der Waals surface area (Å²) >= 11 is 5.62. The Morgan fingerprint density at radius 3 is 2.67 bits per heavy atom. The molecule has 1 aromatic carbocycles. The third-order valence-corrected chi connectivity index (χ3v) is 5.20. The Kier molecular flexibility index (Phi) is 3.07. The SMILES string of the molecule is O=C1C2=Cc3ccccc3CN2C(=S)N1C1CCCCC1. The predicted molar refractivity (Wildman–Crippen MR) is 86.3 cm³/mol. The molecule has 4 heteroatoms. The maximum atomic E-state index is 12.8. The van der Waals surface area contributed by atoms with E-state index in [9.17, 15) is 4.79 Å². The van der Waals surface area contributed by atoms with E-state index in [1.165, 1.54) is 24.8 Å². The highest BCUT2D eigenvalue weighted by Gasteiger charge is 2.43. The summed E-state index contributed by atoms with van der Waals surface area (Å²) in [6.45, 7) is 0.718. The fourth-order valence-corrected chi connectivity index (χ4v) is 4.04. The number of rotatable bonds is 1. The highest BCUT2D eigenvalue weighted by Crippen LogP contribution is 2.35. The summed E-state index contributed by atoms with van der Waals surface area (Å²) in [5.41, 5.74) is 3.14. The van der Waals surface area contributed by atoms with E-state index < -0.39 is 0 Å². The molecular formula is C17H18N2OS. The molecule has 3 aliphatic rings. The van der Waals surface area contributed by atoms with Gasteiger partial charge in [-0.25, -0.2) is 0 Å². The quantitative estimate of drug-likeness (QED) is 0.743. The van der Waals surface area contributed by atoms with E-state index in [1.807, 2.05) is 28.0 Å². The Bertz CT molecular complexity index is 646. The number of benzene rings is 1. The fourth-order valence-electron chi connectivity index (χ4n) is 3.65. The first-order valence-corrected chi connectivity index (χ1v) is 8.11. The Morgan fingerprint density at radius 2 is 1.86 bits per heavy atom. The zero-order chi connectivity index (χ0) is 14.4. The van der Waals surface area contributed by atoms with Gasteiger partial charge in [-0.2, -0.15) is 0 Å². The van der Waals surface area contributed by atoms with E-state index in [2.05, 4.69) is 12.1 Å². The molecule has 0 unspecified atom stereocenters. The Labute approximate surface area is 130 Å². The molecule has 0 aromatic heterocycles. The van der Waals surface area contributed by atoms with Crippen LogP contribution in [0, 0.1) is 0 Å². The normalized spacial score (nSPS) is 22.2. The summed E-state index contributed by atoms with van der Waals surface area (Å²) in [5, 5.41) is 0.702. The molecule has 1 aliphatic carbocycles. The highest BCUT2D eigenvalue weighted by molar-refractivity contribution is 7.80. The van der Waals surface area contributed by atoms with Gasteiger partial charge >= 0.3 is 0 Å². The van der Waals surface area contributed by atoms with Gasteiger partial charge in [-0.15, -0.1) is 0 Å². The molecule has 0 spiro atoms. The topological polar surface area (TPSA) is 23.6 Å². The van der Waals surface area contributed by atoms with E-state index in [4.69, 9.17) is 12.2 Å². The monoisotopic (exact) mass is 298 g/mol. The van der Waals surface area contributed by atoms with E-state index in [0.717, 1.165) is 30.6 Å². The van der Waals surface area contributed by atoms with Crippen LogP contribution in [0.5, 0.6) is 0 Å². The van der Waals surface area contributed by atoms with Gasteiger partial charge in [-0.1, -0.05) is 43.5 Å². The summed E-state index contributed by atoms with van der Waals surface area (Å²) in [6.07, 6.45) is 7.85. The first-order chi connectivity index (χ1) is 10.3. The Hall–Kier alpha value is -1.68. The van der Waals surface area contributed by atoms with Gasteiger partial charge < -0.3 is 4.90 Å². The molecule has 21 heavy (non-hydrogen) atoms. The molecule has 0 bridgehead atoms. The van der Waals surface area contributed by atoms with Crippen LogP contribution in [0.3, 0.4) is 0 Å². The minimum Gasteiger partial charge on any atom is -0.309 e. The van der Waals surface area contributed by atoms with Crippen molar-refractivity contribution in [2.24, 2.45) is 0 Å². The summed E-state index contributed by atoms with van der Waals surface area (Å²) in [5.74, 6) is 0.0985. The Morgan fingerprint density at radius 1 is 1.10 bits per heavy atom. The average molecular weight is 298 g/mol. The summed E-state index contributed by atoms with van der Waals surface area (Å²) in [7, 11) is 0. The molecule has 2 fully saturated rings. The van der Waals surface area contributed by atoms with Crippen LogP contribution in [-0.4, -0.2) is 26.9 Å². The second kappa shape index (κ2) is 4.95. The van der Waals surface area contributed by atoms with Crippen LogP contribution < -0.4 is 0 Å². The summed E-state index contributed by atoms with van der Waals surface area (Å²) in [4.78, 5) is 16.7. The number of fused-ring (bicyclic) bond motifs is 2. The third kappa shape index (κ3) is 2.01. The molecule has 0 radical (unpaired) electrons. The number of carbonyl (C=O) groups is 1. The van der Waals surface area contributed by atoms with Crippen LogP contribution >= 0.6 is 12.2 Å². The van der Waals surface area contributed by atoms with E-state index >= 15 is 0 Å². The largest absolute Gasteiger partial charge is 0.309 e. The van der Waals surface area contributed by atoms with Crippen molar-refractivity contribution < 1.29 is 4.79 Å². The number of hydrogen-bond donors (Lipinski definition) is 0. The lowest BCUT2D eigenvalue weighted by Gasteiger charge is -2.31. The van der Waals surface area contributed by atoms with Crippen LogP contribution in [0.25, 0.3) is 6.08 Å². The molecule has 2 aliphatic heterocycles. The average Bonchev–Trinajstić information content (AvgIpc) is 2.77. The number of thiocarbonyl (C=S) groups is 1. The first kappa shape index (κ1) is 13.0. The van der Waals surface area contributed by atoms with Crippen molar-refractivity contribution in [1.82, 2.24) is 9.80 Å². The van der Waals surface area contributed by atoms with Crippen LogP contribution in [0.4, 0.5) is 0 Å². The van der Waals surface area contributed by atoms with Crippen LogP contribution in [-0.2, 0) is 11.3 Å². The molecule has 0 atom stereocenters. The van der Waals surface area contributed by atoms with Gasteiger partial charge in [0.15, 0.2) is 5.11 Å². The van der Waals surface area contributed by atoms with Crippen molar-refractivity contribution in [2.45, 2.75) is 44.7 Å². The number of hydrogen-bond acceptors (Lipinski definition) is 2. The fraction of sp³-hybridized carbons (Fsp3) is 0.412. The summed E-state index contributed by atoms with van der Waals surface area (Å²) < 4.78 is 0. The standard InChI is InChI=1S/C17H18N2OS/c20-16-15-10-12-6-4-5-7-13(12)11-18(15)17(21)19(16)14-8-2-1-3-9-14/h4-7,10,14H,1-3,8-9,11H2. The summed E-state index contributed by atoms with van der Waals surface area (Å²) in [6, 6.07) is 8.53. The maximum absolute atomic E-state index is 12.8. The molecule has 2 heterocycles. The van der Waals surface area contributed by atoms with Gasteiger partial charge in [0.25, 0.3) is 5.91 Å². The van der Waals surface area contributed by atoms with Crippen LogP contribution in [0.15, 0.2) is 30.0 Å². The van der Waals surface area contributed by atoms with Crippen LogP contribution in [0.2, 0.25) is 0 Å².